The largest absolute Gasteiger partial charge is 0.324 e. The molecule has 1 aliphatic heterocycles. The van der Waals surface area contributed by atoms with Gasteiger partial charge in [0.25, 0.3) is 11.1 Å². The molecule has 0 atom stereocenters. The first-order chi connectivity index (χ1) is 18.7. The molecule has 1 aliphatic carbocycles. The number of nitrogens with zero attached hydrogens (tertiary/aromatic N) is 7. The van der Waals surface area contributed by atoms with Crippen molar-refractivity contribution in [3.05, 3.63) is 81.0 Å². The van der Waals surface area contributed by atoms with Crippen molar-refractivity contribution in [2.24, 2.45) is 0 Å². The monoisotopic (exact) mass is 526 g/mol. The van der Waals surface area contributed by atoms with Crippen LogP contribution in [-0.2, 0) is 18.5 Å². The summed E-state index contributed by atoms with van der Waals surface area (Å²) in [5, 5.41) is 8.27. The molecular formula is C29H34N8O2. The Bertz CT molecular complexity index is 1710. The quantitative estimate of drug-likeness (QED) is 0.364. The molecule has 1 aromatic carbocycles. The summed E-state index contributed by atoms with van der Waals surface area (Å²) in [6.45, 7) is 14.4. The number of benzene rings is 1. The first-order valence-corrected chi connectivity index (χ1v) is 13.5. The fourth-order valence-corrected chi connectivity index (χ4v) is 5.61. The third-order valence-corrected chi connectivity index (χ3v) is 7.90. The van der Waals surface area contributed by atoms with Crippen LogP contribution in [-0.4, -0.2) is 46.6 Å². The van der Waals surface area contributed by atoms with E-state index in [4.69, 9.17) is 4.98 Å². The van der Waals surface area contributed by atoms with E-state index in [9.17, 15) is 9.59 Å². The molecule has 3 aromatic heterocycles. The Morgan fingerprint density at radius 1 is 1.10 bits per heavy atom. The van der Waals surface area contributed by atoms with Crippen LogP contribution in [0.1, 0.15) is 57.7 Å². The minimum Gasteiger partial charge on any atom is -0.324 e. The second kappa shape index (κ2) is 9.30. The zero-order chi connectivity index (χ0) is 27.5. The SMILES string of the molecule is C=CCn1c(=O)c2cnc(Nc3ccc4c(c3)C3(CC3)CN(C(C)C)C4)nc2n1-c1ccc(=O)n(C(C)C)n1. The molecule has 0 amide bonds. The van der Waals surface area contributed by atoms with E-state index in [1.807, 2.05) is 13.8 Å². The molecule has 10 nitrogen and oxygen atoms in total. The van der Waals surface area contributed by atoms with Crippen LogP contribution in [0.15, 0.2) is 58.8 Å². The van der Waals surface area contributed by atoms with Crippen molar-refractivity contribution in [3.8, 4) is 5.82 Å². The molecule has 4 heterocycles. The molecule has 0 unspecified atom stereocenters. The summed E-state index contributed by atoms with van der Waals surface area (Å²) in [5.74, 6) is 0.801. The van der Waals surface area contributed by atoms with Gasteiger partial charge in [0.2, 0.25) is 5.95 Å². The first kappa shape index (κ1) is 25.2. The Labute approximate surface area is 226 Å². The molecule has 0 radical (unpaired) electrons. The number of allylic oxidation sites excluding steroid dienone is 1. The van der Waals surface area contributed by atoms with E-state index >= 15 is 0 Å². The molecule has 1 fully saturated rings. The van der Waals surface area contributed by atoms with Crippen LogP contribution >= 0.6 is 0 Å². The lowest BCUT2D eigenvalue weighted by Crippen LogP contribution is -2.41. The summed E-state index contributed by atoms with van der Waals surface area (Å²) in [6, 6.07) is 9.96. The molecule has 39 heavy (non-hydrogen) atoms. The molecule has 10 heteroatoms. The van der Waals surface area contributed by atoms with Gasteiger partial charge < -0.3 is 5.32 Å². The Hall–Kier alpha value is -4.05. The van der Waals surface area contributed by atoms with E-state index in [-0.39, 0.29) is 29.1 Å². The highest BCUT2D eigenvalue weighted by atomic mass is 16.1. The average molecular weight is 527 g/mol. The van der Waals surface area contributed by atoms with Gasteiger partial charge in [0, 0.05) is 42.5 Å². The van der Waals surface area contributed by atoms with Crippen LogP contribution in [0.2, 0.25) is 0 Å². The highest BCUT2D eigenvalue weighted by Crippen LogP contribution is 2.53. The summed E-state index contributed by atoms with van der Waals surface area (Å²) in [4.78, 5) is 37.4. The van der Waals surface area contributed by atoms with Gasteiger partial charge >= 0.3 is 0 Å². The maximum Gasteiger partial charge on any atom is 0.278 e. The molecule has 1 saturated carbocycles. The van der Waals surface area contributed by atoms with Crippen LogP contribution < -0.4 is 16.4 Å². The predicted octanol–water partition coefficient (Wildman–Crippen LogP) is 3.91. The van der Waals surface area contributed by atoms with Gasteiger partial charge in [0.1, 0.15) is 5.39 Å². The van der Waals surface area contributed by atoms with Crippen LogP contribution in [0, 0.1) is 0 Å². The van der Waals surface area contributed by atoms with E-state index in [0.717, 1.165) is 18.8 Å². The molecular weight excluding hydrogens is 492 g/mol. The van der Waals surface area contributed by atoms with Crippen LogP contribution in [0.3, 0.4) is 0 Å². The third-order valence-electron chi connectivity index (χ3n) is 7.90. The fraction of sp³-hybridized carbons (Fsp3) is 0.414. The average Bonchev–Trinajstić information content (AvgIpc) is 3.63. The second-order valence-electron chi connectivity index (χ2n) is 11.3. The minimum absolute atomic E-state index is 0.142. The first-order valence-electron chi connectivity index (χ1n) is 13.5. The smallest absolute Gasteiger partial charge is 0.278 e. The molecule has 202 valence electrons. The lowest BCUT2D eigenvalue weighted by atomic mass is 9.86. The molecule has 1 N–H and O–H groups in total. The zero-order valence-electron chi connectivity index (χ0n) is 22.9. The molecule has 6 rings (SSSR count). The summed E-state index contributed by atoms with van der Waals surface area (Å²) < 4.78 is 4.53. The van der Waals surface area contributed by atoms with Gasteiger partial charge in [0.15, 0.2) is 11.5 Å². The van der Waals surface area contributed by atoms with E-state index in [2.05, 4.69) is 58.9 Å². The lowest BCUT2D eigenvalue weighted by Gasteiger charge is -2.37. The Balaban J connectivity index is 1.42. The maximum atomic E-state index is 13.3. The Morgan fingerprint density at radius 3 is 2.59 bits per heavy atom. The Kier molecular flexibility index (Phi) is 6.02. The van der Waals surface area contributed by atoms with Crippen LogP contribution in [0.25, 0.3) is 16.9 Å². The number of fused-ring (bicyclic) bond motifs is 3. The summed E-state index contributed by atoms with van der Waals surface area (Å²) in [5.41, 5.74) is 3.91. The number of rotatable bonds is 7. The van der Waals surface area contributed by atoms with Crippen molar-refractivity contribution in [3.63, 3.8) is 0 Å². The van der Waals surface area contributed by atoms with Crippen molar-refractivity contribution < 1.29 is 0 Å². The van der Waals surface area contributed by atoms with Gasteiger partial charge in [-0.1, -0.05) is 12.1 Å². The number of nitrogens with one attached hydrogen (secondary N) is 1. The van der Waals surface area contributed by atoms with Gasteiger partial charge in [-0.2, -0.15) is 4.98 Å². The van der Waals surface area contributed by atoms with Crippen molar-refractivity contribution in [2.45, 2.75) is 71.1 Å². The molecule has 0 bridgehead atoms. The van der Waals surface area contributed by atoms with Crippen LogP contribution in [0.5, 0.6) is 0 Å². The molecule has 0 saturated heterocycles. The van der Waals surface area contributed by atoms with Gasteiger partial charge in [0.05, 0.1) is 12.6 Å². The summed E-state index contributed by atoms with van der Waals surface area (Å²) in [7, 11) is 0. The number of hydrogen-bond donors (Lipinski definition) is 1. The highest BCUT2D eigenvalue weighted by molar-refractivity contribution is 5.77. The summed E-state index contributed by atoms with van der Waals surface area (Å²) in [6.07, 6.45) is 5.61. The van der Waals surface area contributed by atoms with E-state index in [1.165, 1.54) is 39.4 Å². The van der Waals surface area contributed by atoms with Crippen molar-refractivity contribution in [1.29, 1.82) is 0 Å². The predicted molar refractivity (Wildman–Crippen MR) is 152 cm³/mol. The lowest BCUT2D eigenvalue weighted by molar-refractivity contribution is 0.177. The van der Waals surface area contributed by atoms with Gasteiger partial charge in [-0.15, -0.1) is 11.7 Å². The second-order valence-corrected chi connectivity index (χ2v) is 11.3. The molecule has 4 aromatic rings. The fourth-order valence-electron chi connectivity index (χ4n) is 5.61. The third kappa shape index (κ3) is 4.28. The number of anilines is 2. The topological polar surface area (TPSA) is 103 Å². The number of hydrogen-bond acceptors (Lipinski definition) is 7. The molecule has 2 aliphatic rings. The van der Waals surface area contributed by atoms with E-state index < -0.39 is 0 Å². The van der Waals surface area contributed by atoms with Gasteiger partial charge in [-0.3, -0.25) is 14.5 Å². The van der Waals surface area contributed by atoms with E-state index in [0.29, 0.717) is 28.8 Å². The van der Waals surface area contributed by atoms with Crippen molar-refractivity contribution in [1.82, 2.24) is 34.0 Å². The summed E-state index contributed by atoms with van der Waals surface area (Å²) >= 11 is 0. The zero-order valence-corrected chi connectivity index (χ0v) is 22.9. The van der Waals surface area contributed by atoms with Gasteiger partial charge in [-0.05, 0) is 69.9 Å². The van der Waals surface area contributed by atoms with Crippen molar-refractivity contribution in [2.75, 3.05) is 11.9 Å². The molecule has 1 spiro atoms. The minimum atomic E-state index is -0.250. The Morgan fingerprint density at radius 2 is 1.90 bits per heavy atom. The maximum absolute atomic E-state index is 13.3. The van der Waals surface area contributed by atoms with Gasteiger partial charge in [-0.25, -0.2) is 19.0 Å². The van der Waals surface area contributed by atoms with E-state index in [1.54, 1.807) is 23.0 Å². The van der Waals surface area contributed by atoms with Crippen LogP contribution in [0.4, 0.5) is 11.6 Å². The standard InChI is InChI=1S/C29H34N8O2/c1-6-13-35-27(39)22-15-30-28(32-26(22)37(35)24-9-10-25(38)36(33-24)19(4)5)31-21-8-7-20-16-34(18(2)3)17-29(11-12-29)23(20)14-21/h6-10,14-15,18-19H,1,11-13,16-17H2,2-5H3,(H,30,31,32). The number of aromatic nitrogens is 6. The normalized spacial score (nSPS) is 16.3. The highest BCUT2D eigenvalue weighted by Gasteiger charge is 2.49. The van der Waals surface area contributed by atoms with Crippen molar-refractivity contribution >= 4 is 22.7 Å².